The van der Waals surface area contributed by atoms with Gasteiger partial charge in [-0.1, -0.05) is 12.1 Å². The maximum Gasteiger partial charge on any atom is 0.423 e. The van der Waals surface area contributed by atoms with Gasteiger partial charge in [-0.25, -0.2) is 9.78 Å². The van der Waals surface area contributed by atoms with Crippen LogP contribution in [0.2, 0.25) is 0 Å². The van der Waals surface area contributed by atoms with Gasteiger partial charge in [0.1, 0.15) is 5.56 Å². The van der Waals surface area contributed by atoms with Crippen LogP contribution in [0.4, 0.5) is 38.0 Å². The molecule has 164 valence electrons. The third-order valence-electron chi connectivity index (χ3n) is 3.67. The number of para-hydroxylation sites is 1. The number of nitrogens with zero attached hydrogens (tertiary/aromatic N) is 3. The molecule has 0 spiro atoms. The first-order valence-electron chi connectivity index (χ1n) is 8.65. The van der Waals surface area contributed by atoms with E-state index >= 15 is 0 Å². The molecular weight excluding hydrogens is 420 g/mol. The van der Waals surface area contributed by atoms with Crippen molar-refractivity contribution in [1.29, 1.82) is 0 Å². The van der Waals surface area contributed by atoms with E-state index in [4.69, 9.17) is 4.74 Å². The lowest BCUT2D eigenvalue weighted by molar-refractivity contribution is -0.159. The number of ether oxygens (including phenoxy) is 2. The Balaban J connectivity index is 2.53. The van der Waals surface area contributed by atoms with E-state index in [1.165, 1.54) is 17.0 Å². The van der Waals surface area contributed by atoms with Crippen molar-refractivity contribution in [3.8, 4) is 5.88 Å². The summed E-state index contributed by atoms with van der Waals surface area (Å²) in [5, 5.41) is 0. The number of carbonyl (C=O) groups is 1. The fourth-order valence-electron chi connectivity index (χ4n) is 2.45. The highest BCUT2D eigenvalue weighted by Crippen LogP contribution is 2.37. The van der Waals surface area contributed by atoms with Crippen molar-refractivity contribution in [1.82, 2.24) is 9.97 Å². The summed E-state index contributed by atoms with van der Waals surface area (Å²) in [6, 6.07) is 6.02. The molecule has 1 aromatic carbocycles. The van der Waals surface area contributed by atoms with Gasteiger partial charge in [0.25, 0.3) is 0 Å². The lowest BCUT2D eigenvalue weighted by Crippen LogP contribution is -2.25. The zero-order chi connectivity index (χ0) is 22.5. The van der Waals surface area contributed by atoms with E-state index < -0.39 is 36.4 Å². The Bertz CT molecular complexity index is 886. The van der Waals surface area contributed by atoms with Gasteiger partial charge in [-0.05, 0) is 26.0 Å². The molecule has 2 rings (SSSR count). The second kappa shape index (κ2) is 9.18. The predicted molar refractivity (Wildman–Crippen MR) is 93.7 cm³/mol. The predicted octanol–water partition coefficient (Wildman–Crippen LogP) is 4.77. The van der Waals surface area contributed by atoms with Crippen LogP contribution < -0.4 is 9.64 Å². The van der Waals surface area contributed by atoms with Crippen LogP contribution in [0, 0.1) is 0 Å². The number of anilines is 2. The average Bonchev–Trinajstić information content (AvgIpc) is 2.66. The monoisotopic (exact) mass is 437 g/mol. The van der Waals surface area contributed by atoms with Gasteiger partial charge in [0, 0.05) is 12.7 Å². The SMILES string of the molecule is CCOC(=O)c1ccccc1N(CC)c1ncc(C(F)(F)F)c(OCC(F)(F)F)n1. The highest BCUT2D eigenvalue weighted by molar-refractivity contribution is 5.96. The molecule has 1 aromatic heterocycles. The number of halogens is 6. The number of carbonyl (C=O) groups excluding carboxylic acids is 1. The lowest BCUT2D eigenvalue weighted by atomic mass is 10.1. The second-order valence-corrected chi connectivity index (χ2v) is 5.77. The molecule has 0 atom stereocenters. The van der Waals surface area contributed by atoms with E-state index in [0.29, 0.717) is 6.20 Å². The van der Waals surface area contributed by atoms with E-state index in [0.717, 1.165) is 0 Å². The molecule has 0 unspecified atom stereocenters. The standard InChI is InChI=1S/C18H17F6N3O3/c1-3-27(13-8-6-5-7-11(13)15(28)29-4-2)16-25-9-12(18(22,23)24)14(26-16)30-10-17(19,20)21/h5-9H,3-4,10H2,1-2H3. The van der Waals surface area contributed by atoms with Crippen molar-refractivity contribution >= 4 is 17.6 Å². The smallest absolute Gasteiger partial charge is 0.423 e. The summed E-state index contributed by atoms with van der Waals surface area (Å²) >= 11 is 0. The molecule has 0 saturated heterocycles. The van der Waals surface area contributed by atoms with Crippen molar-refractivity contribution in [2.75, 3.05) is 24.7 Å². The molecule has 0 radical (unpaired) electrons. The third-order valence-corrected chi connectivity index (χ3v) is 3.67. The molecule has 6 nitrogen and oxygen atoms in total. The van der Waals surface area contributed by atoms with Gasteiger partial charge in [-0.3, -0.25) is 0 Å². The van der Waals surface area contributed by atoms with Crippen molar-refractivity contribution < 1.29 is 40.6 Å². The first-order valence-corrected chi connectivity index (χ1v) is 8.65. The quantitative estimate of drug-likeness (QED) is 0.459. The topological polar surface area (TPSA) is 64.5 Å². The van der Waals surface area contributed by atoms with Crippen LogP contribution >= 0.6 is 0 Å². The molecular formula is C18H17F6N3O3. The first-order chi connectivity index (χ1) is 14.0. The average molecular weight is 437 g/mol. The number of hydrogen-bond donors (Lipinski definition) is 0. The van der Waals surface area contributed by atoms with Crippen LogP contribution in [0.3, 0.4) is 0 Å². The minimum atomic E-state index is -5.03. The Morgan fingerprint density at radius 3 is 2.33 bits per heavy atom. The summed E-state index contributed by atoms with van der Waals surface area (Å²) in [5.41, 5.74) is -1.26. The largest absolute Gasteiger partial charge is 0.467 e. The molecule has 2 aromatic rings. The van der Waals surface area contributed by atoms with Gasteiger partial charge in [-0.15, -0.1) is 0 Å². The maximum absolute atomic E-state index is 13.1. The van der Waals surface area contributed by atoms with Gasteiger partial charge >= 0.3 is 18.3 Å². The molecule has 12 heteroatoms. The lowest BCUT2D eigenvalue weighted by Gasteiger charge is -2.24. The molecule has 0 amide bonds. The molecule has 0 aliphatic carbocycles. The molecule has 30 heavy (non-hydrogen) atoms. The zero-order valence-electron chi connectivity index (χ0n) is 15.8. The highest BCUT2D eigenvalue weighted by Gasteiger charge is 2.38. The Labute approximate surface area is 167 Å². The number of benzene rings is 1. The summed E-state index contributed by atoms with van der Waals surface area (Å²) in [5.74, 6) is -2.33. The molecule has 0 fully saturated rings. The van der Waals surface area contributed by atoms with Crippen LogP contribution in [-0.2, 0) is 10.9 Å². The van der Waals surface area contributed by atoms with Gasteiger partial charge in [0.05, 0.1) is 17.9 Å². The minimum Gasteiger partial charge on any atom is -0.467 e. The number of rotatable bonds is 7. The number of hydrogen-bond acceptors (Lipinski definition) is 6. The second-order valence-electron chi connectivity index (χ2n) is 5.77. The van der Waals surface area contributed by atoms with Gasteiger partial charge in [-0.2, -0.15) is 31.3 Å². The Morgan fingerprint density at radius 1 is 1.10 bits per heavy atom. The highest BCUT2D eigenvalue weighted by atomic mass is 19.4. The number of esters is 1. The summed E-state index contributed by atoms with van der Waals surface area (Å²) in [4.78, 5) is 20.6. The van der Waals surface area contributed by atoms with Crippen LogP contribution in [0.1, 0.15) is 29.8 Å². The minimum absolute atomic E-state index is 0.0838. The molecule has 0 N–H and O–H groups in total. The van der Waals surface area contributed by atoms with Crippen LogP contribution in [0.15, 0.2) is 30.5 Å². The van der Waals surface area contributed by atoms with Gasteiger partial charge in [0.2, 0.25) is 11.8 Å². The van der Waals surface area contributed by atoms with Crippen molar-refractivity contribution in [2.24, 2.45) is 0 Å². The van der Waals surface area contributed by atoms with Crippen LogP contribution in [0.25, 0.3) is 0 Å². The van der Waals surface area contributed by atoms with E-state index in [2.05, 4.69) is 14.7 Å². The first kappa shape index (κ1) is 23.2. The van der Waals surface area contributed by atoms with Crippen molar-refractivity contribution in [3.63, 3.8) is 0 Å². The Kier molecular flexibility index (Phi) is 7.11. The molecule has 0 aliphatic heterocycles. The fraction of sp³-hybridized carbons (Fsp3) is 0.389. The van der Waals surface area contributed by atoms with Gasteiger partial charge < -0.3 is 14.4 Å². The summed E-state index contributed by atoms with van der Waals surface area (Å²) in [6.45, 7) is 1.41. The van der Waals surface area contributed by atoms with Crippen LogP contribution in [-0.4, -0.2) is 41.9 Å². The van der Waals surface area contributed by atoms with E-state index in [-0.39, 0.29) is 30.4 Å². The zero-order valence-corrected chi connectivity index (χ0v) is 15.8. The van der Waals surface area contributed by atoms with Crippen molar-refractivity contribution in [2.45, 2.75) is 26.2 Å². The van der Waals surface area contributed by atoms with Crippen LogP contribution in [0.5, 0.6) is 5.88 Å². The molecule has 0 aliphatic rings. The van der Waals surface area contributed by atoms with Gasteiger partial charge in [0.15, 0.2) is 6.61 Å². The molecule has 0 bridgehead atoms. The number of aromatic nitrogens is 2. The summed E-state index contributed by atoms with van der Waals surface area (Å²) < 4.78 is 86.1. The van der Waals surface area contributed by atoms with E-state index in [1.54, 1.807) is 26.0 Å². The molecule has 1 heterocycles. The fourth-order valence-corrected chi connectivity index (χ4v) is 2.45. The third kappa shape index (κ3) is 5.74. The number of alkyl halides is 6. The Morgan fingerprint density at radius 2 is 1.77 bits per heavy atom. The summed E-state index contributed by atoms with van der Waals surface area (Å²) in [7, 11) is 0. The summed E-state index contributed by atoms with van der Waals surface area (Å²) in [6.07, 6.45) is -9.56. The maximum atomic E-state index is 13.1. The normalized spacial score (nSPS) is 11.9. The van der Waals surface area contributed by atoms with E-state index in [1.807, 2.05) is 0 Å². The Hall–Kier alpha value is -3.05. The van der Waals surface area contributed by atoms with Crippen molar-refractivity contribution in [3.05, 3.63) is 41.6 Å². The van der Waals surface area contributed by atoms with E-state index in [9.17, 15) is 31.1 Å². The molecule has 0 saturated carbocycles.